The highest BCUT2D eigenvalue weighted by Gasteiger charge is 2.08. The van der Waals surface area contributed by atoms with Crippen LogP contribution in [0.2, 0.25) is 0 Å². The number of halogens is 2. The van der Waals surface area contributed by atoms with Gasteiger partial charge in [0.25, 0.3) is 5.91 Å². The van der Waals surface area contributed by atoms with E-state index in [0.29, 0.717) is 12.2 Å². The van der Waals surface area contributed by atoms with Crippen molar-refractivity contribution in [3.05, 3.63) is 86.6 Å². The molecule has 3 aromatic rings. The number of hydrogen-bond acceptors (Lipinski definition) is 3. The summed E-state index contributed by atoms with van der Waals surface area (Å²) in [7, 11) is 0. The van der Waals surface area contributed by atoms with E-state index in [0.717, 1.165) is 20.1 Å². The van der Waals surface area contributed by atoms with Gasteiger partial charge in [-0.05, 0) is 41.5 Å². The van der Waals surface area contributed by atoms with Gasteiger partial charge in [-0.25, -0.2) is 5.43 Å². The molecular weight excluding hydrogens is 448 g/mol. The molecule has 0 spiro atoms. The van der Waals surface area contributed by atoms with Crippen molar-refractivity contribution in [2.24, 2.45) is 5.10 Å². The van der Waals surface area contributed by atoms with E-state index in [1.54, 1.807) is 23.2 Å². The molecule has 0 fully saturated rings. The number of carbonyl (C=O) groups excluding carboxylic acids is 1. The smallest absolute Gasteiger partial charge is 0.268 e. The Kier molecular flexibility index (Phi) is 5.78. The van der Waals surface area contributed by atoms with Crippen LogP contribution >= 0.6 is 31.9 Å². The first kappa shape index (κ1) is 17.6. The molecule has 0 unspecified atom stereocenters. The summed E-state index contributed by atoms with van der Waals surface area (Å²) in [6, 6.07) is 17.3. The lowest BCUT2D eigenvalue weighted by atomic mass is 10.2. The molecule has 2 aromatic carbocycles. The molecule has 7 heteroatoms. The number of benzene rings is 2. The Morgan fingerprint density at radius 3 is 2.64 bits per heavy atom. The number of rotatable bonds is 5. The molecule has 0 aliphatic heterocycles. The highest BCUT2D eigenvalue weighted by atomic mass is 79.9. The van der Waals surface area contributed by atoms with Crippen molar-refractivity contribution in [1.82, 2.24) is 15.2 Å². The molecule has 126 valence electrons. The van der Waals surface area contributed by atoms with E-state index in [4.69, 9.17) is 0 Å². The third kappa shape index (κ3) is 5.11. The summed E-state index contributed by atoms with van der Waals surface area (Å²) < 4.78 is 3.68. The van der Waals surface area contributed by atoms with Gasteiger partial charge in [0.05, 0.1) is 12.8 Å². The first-order valence-corrected chi connectivity index (χ1v) is 9.05. The fourth-order valence-electron chi connectivity index (χ4n) is 2.20. The van der Waals surface area contributed by atoms with Crippen LogP contribution in [0, 0.1) is 0 Å². The molecule has 1 amide bonds. The molecule has 0 bridgehead atoms. The van der Waals surface area contributed by atoms with E-state index < -0.39 is 0 Å². The maximum absolute atomic E-state index is 12.1. The lowest BCUT2D eigenvalue weighted by Crippen LogP contribution is -2.18. The lowest BCUT2D eigenvalue weighted by molar-refractivity contribution is 0.0949. The Morgan fingerprint density at radius 2 is 1.88 bits per heavy atom. The van der Waals surface area contributed by atoms with Crippen molar-refractivity contribution in [3.8, 4) is 0 Å². The van der Waals surface area contributed by atoms with E-state index in [9.17, 15) is 4.79 Å². The van der Waals surface area contributed by atoms with Gasteiger partial charge in [-0.15, -0.1) is 0 Å². The van der Waals surface area contributed by atoms with Crippen LogP contribution in [-0.4, -0.2) is 21.9 Å². The summed E-state index contributed by atoms with van der Waals surface area (Å²) in [5, 5.41) is 8.25. The summed E-state index contributed by atoms with van der Waals surface area (Å²) in [5.74, 6) is -0.348. The van der Waals surface area contributed by atoms with Gasteiger partial charge in [0.15, 0.2) is 5.69 Å². The zero-order chi connectivity index (χ0) is 17.6. The van der Waals surface area contributed by atoms with Crippen LogP contribution in [0.25, 0.3) is 0 Å². The van der Waals surface area contributed by atoms with Crippen molar-refractivity contribution >= 4 is 44.0 Å². The number of hydrogen-bond donors (Lipinski definition) is 1. The number of aromatic nitrogens is 2. The number of carbonyl (C=O) groups is 1. The standard InChI is InChI=1S/C18H14Br2N4O/c19-15-5-1-3-13(9-15)11-21-22-18(25)17-7-8-24(23-17)12-14-4-2-6-16(20)10-14/h1-11H,12H2,(H,22,25). The monoisotopic (exact) mass is 460 g/mol. The van der Waals surface area contributed by atoms with Gasteiger partial charge in [0, 0.05) is 15.1 Å². The number of nitrogens with zero attached hydrogens (tertiary/aromatic N) is 3. The predicted octanol–water partition coefficient (Wildman–Crippen LogP) is 4.22. The van der Waals surface area contributed by atoms with Crippen molar-refractivity contribution in [2.45, 2.75) is 6.54 Å². The van der Waals surface area contributed by atoms with Gasteiger partial charge in [0.2, 0.25) is 0 Å². The van der Waals surface area contributed by atoms with Crippen LogP contribution in [0.15, 0.2) is 74.8 Å². The largest absolute Gasteiger partial charge is 0.291 e. The average Bonchev–Trinajstić information content (AvgIpc) is 3.03. The second-order valence-corrected chi connectivity index (χ2v) is 7.11. The SMILES string of the molecule is O=C(NN=Cc1cccc(Br)c1)c1ccn(Cc2cccc(Br)c2)n1. The van der Waals surface area contributed by atoms with Gasteiger partial charge in [-0.2, -0.15) is 10.2 Å². The molecule has 1 heterocycles. The molecule has 1 N–H and O–H groups in total. The van der Waals surface area contributed by atoms with Gasteiger partial charge >= 0.3 is 0 Å². The summed E-state index contributed by atoms with van der Waals surface area (Å²) in [6.07, 6.45) is 3.36. The van der Waals surface area contributed by atoms with Crippen LogP contribution in [0.1, 0.15) is 21.6 Å². The zero-order valence-electron chi connectivity index (χ0n) is 13.1. The van der Waals surface area contributed by atoms with Crippen LogP contribution in [0.3, 0.4) is 0 Å². The van der Waals surface area contributed by atoms with Crippen LogP contribution < -0.4 is 5.43 Å². The van der Waals surface area contributed by atoms with Crippen LogP contribution in [0.4, 0.5) is 0 Å². The highest BCUT2D eigenvalue weighted by molar-refractivity contribution is 9.10. The minimum absolute atomic E-state index is 0.321. The average molecular weight is 462 g/mol. The molecule has 1 aromatic heterocycles. The van der Waals surface area contributed by atoms with E-state index in [-0.39, 0.29) is 5.91 Å². The van der Waals surface area contributed by atoms with E-state index in [1.165, 1.54) is 0 Å². The molecule has 3 rings (SSSR count). The van der Waals surface area contributed by atoms with Gasteiger partial charge in [-0.3, -0.25) is 9.48 Å². The van der Waals surface area contributed by atoms with Gasteiger partial charge in [0.1, 0.15) is 0 Å². The third-order valence-corrected chi connectivity index (χ3v) is 4.32. The normalized spacial score (nSPS) is 11.0. The first-order chi connectivity index (χ1) is 12.1. The minimum Gasteiger partial charge on any atom is -0.268 e. The van der Waals surface area contributed by atoms with Crippen LogP contribution in [-0.2, 0) is 6.54 Å². The highest BCUT2D eigenvalue weighted by Crippen LogP contribution is 2.13. The van der Waals surface area contributed by atoms with E-state index >= 15 is 0 Å². The molecule has 0 saturated heterocycles. The maximum Gasteiger partial charge on any atom is 0.291 e. The molecule has 0 atom stereocenters. The molecule has 0 saturated carbocycles. The van der Waals surface area contributed by atoms with E-state index in [1.807, 2.05) is 48.5 Å². The number of nitrogens with one attached hydrogen (secondary N) is 1. The van der Waals surface area contributed by atoms with Crippen molar-refractivity contribution in [3.63, 3.8) is 0 Å². The molecule has 0 aliphatic rings. The van der Waals surface area contributed by atoms with E-state index in [2.05, 4.69) is 47.5 Å². The number of amides is 1. The quantitative estimate of drug-likeness (QED) is 0.456. The Morgan fingerprint density at radius 1 is 1.12 bits per heavy atom. The summed E-state index contributed by atoms with van der Waals surface area (Å²) >= 11 is 6.83. The van der Waals surface area contributed by atoms with Gasteiger partial charge in [-0.1, -0.05) is 56.1 Å². The summed E-state index contributed by atoms with van der Waals surface area (Å²) in [6.45, 7) is 0.591. The van der Waals surface area contributed by atoms with Crippen molar-refractivity contribution in [2.75, 3.05) is 0 Å². The Bertz CT molecular complexity index is 921. The lowest BCUT2D eigenvalue weighted by Gasteiger charge is -2.02. The maximum atomic E-state index is 12.1. The molecule has 0 aliphatic carbocycles. The fourth-order valence-corrected chi connectivity index (χ4v) is 3.07. The summed E-state index contributed by atoms with van der Waals surface area (Å²) in [4.78, 5) is 12.1. The molecule has 0 radical (unpaired) electrons. The fraction of sp³-hybridized carbons (Fsp3) is 0.0556. The molecule has 5 nitrogen and oxygen atoms in total. The second kappa shape index (κ2) is 8.22. The Hall–Kier alpha value is -2.25. The molecular formula is C18H14Br2N4O. The Balaban J connectivity index is 1.60. The molecule has 25 heavy (non-hydrogen) atoms. The third-order valence-electron chi connectivity index (χ3n) is 3.34. The minimum atomic E-state index is -0.348. The Labute approximate surface area is 162 Å². The number of hydrazone groups is 1. The van der Waals surface area contributed by atoms with Crippen molar-refractivity contribution in [1.29, 1.82) is 0 Å². The zero-order valence-corrected chi connectivity index (χ0v) is 16.2. The van der Waals surface area contributed by atoms with Crippen molar-refractivity contribution < 1.29 is 4.79 Å². The first-order valence-electron chi connectivity index (χ1n) is 7.47. The van der Waals surface area contributed by atoms with Gasteiger partial charge < -0.3 is 0 Å². The predicted molar refractivity (Wildman–Crippen MR) is 105 cm³/mol. The van der Waals surface area contributed by atoms with Crippen LogP contribution in [0.5, 0.6) is 0 Å². The summed E-state index contributed by atoms with van der Waals surface area (Å²) in [5.41, 5.74) is 4.78. The topological polar surface area (TPSA) is 59.3 Å². The second-order valence-electron chi connectivity index (χ2n) is 5.28.